The molecule has 248 valence electrons. The molecule has 3 fully saturated rings. The highest BCUT2D eigenvalue weighted by Crippen LogP contribution is 2.26. The molecule has 4 amide bonds. The van der Waals surface area contributed by atoms with Crippen LogP contribution in [0.25, 0.3) is 11.0 Å². The number of rotatable bonds is 6. The highest BCUT2D eigenvalue weighted by Gasteiger charge is 2.36. The second-order valence-electron chi connectivity index (χ2n) is 12.9. The number of piperidine rings is 1. The summed E-state index contributed by atoms with van der Waals surface area (Å²) in [6, 6.07) is 14.0. The van der Waals surface area contributed by atoms with E-state index < -0.39 is 12.2 Å². The Labute approximate surface area is 275 Å². The first kappa shape index (κ1) is 31.3. The van der Waals surface area contributed by atoms with Crippen molar-refractivity contribution in [3.8, 4) is 0 Å². The van der Waals surface area contributed by atoms with Crippen LogP contribution in [0.3, 0.4) is 0 Å². The van der Waals surface area contributed by atoms with Crippen LogP contribution in [0.5, 0.6) is 0 Å². The van der Waals surface area contributed by atoms with Crippen molar-refractivity contribution in [1.29, 1.82) is 0 Å². The summed E-state index contributed by atoms with van der Waals surface area (Å²) in [5, 5.41) is 3.05. The molecule has 0 bridgehead atoms. The molecule has 12 nitrogen and oxygen atoms in total. The van der Waals surface area contributed by atoms with Gasteiger partial charge < -0.3 is 29.5 Å². The van der Waals surface area contributed by atoms with Crippen LogP contribution >= 0.6 is 0 Å². The van der Waals surface area contributed by atoms with Crippen LogP contribution in [0.15, 0.2) is 54.9 Å². The number of anilines is 1. The number of urea groups is 1. The lowest BCUT2D eigenvalue weighted by atomic mass is 10.0. The molecule has 47 heavy (non-hydrogen) atoms. The van der Waals surface area contributed by atoms with Gasteiger partial charge in [0.1, 0.15) is 0 Å². The van der Waals surface area contributed by atoms with Gasteiger partial charge in [0, 0.05) is 95.6 Å². The Morgan fingerprint density at radius 1 is 0.851 bits per heavy atom. The van der Waals surface area contributed by atoms with Crippen LogP contribution in [0, 0.1) is 0 Å². The Kier molecular flexibility index (Phi) is 9.48. The van der Waals surface area contributed by atoms with Crippen molar-refractivity contribution in [2.45, 2.75) is 56.7 Å². The minimum atomic E-state index is -0.959. The molecule has 1 atom stereocenters. The third-order valence-electron chi connectivity index (χ3n) is 10.1. The number of benzene rings is 2. The van der Waals surface area contributed by atoms with Gasteiger partial charge in [-0.15, -0.1) is 0 Å². The summed E-state index contributed by atoms with van der Waals surface area (Å²) < 4.78 is 11.6. The van der Waals surface area contributed by atoms with Gasteiger partial charge in [-0.2, -0.15) is 0 Å². The first-order valence-corrected chi connectivity index (χ1v) is 16.9. The van der Waals surface area contributed by atoms with E-state index in [1.807, 2.05) is 52.3 Å². The summed E-state index contributed by atoms with van der Waals surface area (Å²) in [4.78, 5) is 57.3. The number of hydrogen-bond donors (Lipinski definition) is 1. The third kappa shape index (κ3) is 7.18. The Balaban J connectivity index is 0.996. The average molecular weight is 642 g/mol. The predicted octanol–water partition coefficient (Wildman–Crippen LogP) is 3.56. The molecule has 0 aliphatic carbocycles. The normalized spacial score (nSPS) is 20.8. The van der Waals surface area contributed by atoms with Crippen molar-refractivity contribution >= 4 is 34.8 Å². The largest absolute Gasteiger partial charge is 0.436 e. The van der Waals surface area contributed by atoms with Crippen LogP contribution in [-0.2, 0) is 27.1 Å². The van der Waals surface area contributed by atoms with Gasteiger partial charge in [-0.3, -0.25) is 19.7 Å². The first-order valence-electron chi connectivity index (χ1n) is 16.9. The van der Waals surface area contributed by atoms with Gasteiger partial charge in [-0.05, 0) is 61.4 Å². The van der Waals surface area contributed by atoms with E-state index in [-0.39, 0.29) is 24.4 Å². The maximum Gasteiger partial charge on any atom is 0.410 e. The lowest BCUT2D eigenvalue weighted by Gasteiger charge is -2.41. The highest BCUT2D eigenvalue weighted by molar-refractivity contribution is 5.91. The molecule has 0 radical (unpaired) electrons. The Morgan fingerprint density at radius 3 is 2.38 bits per heavy atom. The van der Waals surface area contributed by atoms with Crippen LogP contribution in [0.4, 0.5) is 15.3 Å². The minimum Gasteiger partial charge on any atom is -0.436 e. The molecule has 1 aromatic heterocycles. The number of ether oxygens (including phenoxy) is 2. The minimum absolute atomic E-state index is 0.0246. The van der Waals surface area contributed by atoms with E-state index in [1.165, 1.54) is 0 Å². The fourth-order valence-corrected chi connectivity index (χ4v) is 7.39. The second-order valence-corrected chi connectivity index (χ2v) is 12.9. The van der Waals surface area contributed by atoms with Gasteiger partial charge in [-0.1, -0.05) is 24.3 Å². The summed E-state index contributed by atoms with van der Waals surface area (Å²) in [6.07, 6.45) is 6.21. The molecule has 1 N–H and O–H groups in total. The summed E-state index contributed by atoms with van der Waals surface area (Å²) >= 11 is 0. The molecule has 4 aliphatic rings. The van der Waals surface area contributed by atoms with E-state index in [4.69, 9.17) is 9.47 Å². The van der Waals surface area contributed by atoms with Crippen LogP contribution in [0.1, 0.15) is 36.8 Å². The zero-order chi connectivity index (χ0) is 32.2. The van der Waals surface area contributed by atoms with Gasteiger partial charge in [-0.25, -0.2) is 9.59 Å². The molecule has 0 saturated carbocycles. The van der Waals surface area contributed by atoms with Crippen molar-refractivity contribution in [3.63, 3.8) is 0 Å². The molecular formula is C35H43N7O5. The van der Waals surface area contributed by atoms with Crippen molar-refractivity contribution in [2.75, 3.05) is 64.3 Å². The number of piperazine rings is 1. The molecule has 5 heterocycles. The standard InChI is InChI=1S/C35H43N7O5/c43-33(40-19-17-39(18-20-40)27-10-21-46-22-11-27)32(24-25-5-6-30-31(23-25)37-13-12-36-30)47-35(45)41-14-8-28(9-15-41)42-16-7-26-3-1-2-4-29(26)38-34(42)44/h1-6,12-13,23,27-28,32H,7-11,14-22,24H2,(H,38,44)/t32-/m1/s1. The maximum atomic E-state index is 14.0. The number of amides is 4. The predicted molar refractivity (Wildman–Crippen MR) is 176 cm³/mol. The summed E-state index contributed by atoms with van der Waals surface area (Å²) in [5.74, 6) is -0.167. The van der Waals surface area contributed by atoms with E-state index in [0.29, 0.717) is 51.6 Å². The van der Waals surface area contributed by atoms with Crippen molar-refractivity contribution in [1.82, 2.24) is 29.6 Å². The summed E-state index contributed by atoms with van der Waals surface area (Å²) in [7, 11) is 0. The first-order chi connectivity index (χ1) is 23.0. The highest BCUT2D eigenvalue weighted by atomic mass is 16.6. The number of carbonyl (C=O) groups is 3. The number of aromatic nitrogens is 2. The molecule has 7 rings (SSSR count). The van der Waals surface area contributed by atoms with E-state index in [1.54, 1.807) is 17.3 Å². The number of hydrogen-bond acceptors (Lipinski definition) is 8. The van der Waals surface area contributed by atoms with Crippen molar-refractivity contribution in [2.24, 2.45) is 0 Å². The summed E-state index contributed by atoms with van der Waals surface area (Å²) in [5.41, 5.74) is 4.35. The monoisotopic (exact) mass is 641 g/mol. The van der Waals surface area contributed by atoms with E-state index in [2.05, 4.69) is 20.2 Å². The molecule has 4 aliphatic heterocycles. The Morgan fingerprint density at radius 2 is 1.60 bits per heavy atom. The number of likely N-dealkylation sites (tertiary alicyclic amines) is 1. The van der Waals surface area contributed by atoms with Gasteiger partial charge in [0.25, 0.3) is 5.91 Å². The number of para-hydroxylation sites is 1. The zero-order valence-corrected chi connectivity index (χ0v) is 26.8. The lowest BCUT2D eigenvalue weighted by Crippen LogP contribution is -2.56. The fourth-order valence-electron chi connectivity index (χ4n) is 7.39. The fraction of sp³-hybridized carbons (Fsp3) is 0.514. The second kappa shape index (κ2) is 14.2. The molecule has 3 saturated heterocycles. The molecule has 3 aromatic rings. The SMILES string of the molecule is O=C(O[C@H](Cc1ccc2nccnc2c1)C(=O)N1CCN(C2CCOCC2)CC1)N1CCC(N2CCc3ccccc3NC2=O)CC1. The molecule has 12 heteroatoms. The van der Waals surface area contributed by atoms with Crippen molar-refractivity contribution in [3.05, 3.63) is 66.0 Å². The number of nitrogens with one attached hydrogen (secondary N) is 1. The molecule has 0 unspecified atom stereocenters. The van der Waals surface area contributed by atoms with Crippen LogP contribution < -0.4 is 5.32 Å². The Bertz CT molecular complexity index is 1580. The summed E-state index contributed by atoms with van der Waals surface area (Å²) in [6.45, 7) is 5.90. The van der Waals surface area contributed by atoms with Gasteiger partial charge >= 0.3 is 12.1 Å². The maximum absolute atomic E-state index is 14.0. The van der Waals surface area contributed by atoms with Crippen LogP contribution in [-0.4, -0.2) is 125 Å². The molecular weight excluding hydrogens is 598 g/mol. The van der Waals surface area contributed by atoms with E-state index >= 15 is 0 Å². The lowest BCUT2D eigenvalue weighted by molar-refractivity contribution is -0.143. The molecule has 0 spiro atoms. The topological polar surface area (TPSA) is 120 Å². The van der Waals surface area contributed by atoms with Gasteiger partial charge in [0.15, 0.2) is 6.10 Å². The smallest absolute Gasteiger partial charge is 0.410 e. The van der Waals surface area contributed by atoms with Gasteiger partial charge in [0.05, 0.1) is 11.0 Å². The third-order valence-corrected chi connectivity index (χ3v) is 10.1. The number of nitrogens with zero attached hydrogens (tertiary/aromatic N) is 6. The van der Waals surface area contributed by atoms with E-state index in [9.17, 15) is 14.4 Å². The zero-order valence-electron chi connectivity index (χ0n) is 26.8. The quantitative estimate of drug-likeness (QED) is 0.434. The Hall–Kier alpha value is -4.29. The van der Waals surface area contributed by atoms with E-state index in [0.717, 1.165) is 73.4 Å². The number of fused-ring (bicyclic) bond motifs is 2. The van der Waals surface area contributed by atoms with Gasteiger partial charge in [0.2, 0.25) is 0 Å². The number of carbonyl (C=O) groups excluding carboxylic acids is 3. The molecule has 2 aromatic carbocycles. The van der Waals surface area contributed by atoms with Crippen molar-refractivity contribution < 1.29 is 23.9 Å². The average Bonchev–Trinajstić information content (AvgIpc) is 3.29. The van der Waals surface area contributed by atoms with Crippen LogP contribution in [0.2, 0.25) is 0 Å².